The lowest BCUT2D eigenvalue weighted by atomic mass is 10.2. The van der Waals surface area contributed by atoms with E-state index in [1.165, 1.54) is 18.2 Å². The van der Waals surface area contributed by atoms with Gasteiger partial charge in [0.05, 0.1) is 16.8 Å². The normalized spacial score (nSPS) is 11.2. The number of alkyl halides is 3. The number of halogens is 3. The summed E-state index contributed by atoms with van der Waals surface area (Å²) in [5.41, 5.74) is 5.02. The SMILES string of the molecule is Cc1nc(Nc2ccc(C(F)(F)F)cn2)ccc1C(N)=O. The summed E-state index contributed by atoms with van der Waals surface area (Å²) >= 11 is 0. The van der Waals surface area contributed by atoms with Crippen LogP contribution in [0.1, 0.15) is 21.6 Å². The molecule has 0 aliphatic carbocycles. The Bertz CT molecular complexity index is 668. The fraction of sp³-hybridized carbons (Fsp3) is 0.154. The van der Waals surface area contributed by atoms with Crippen molar-refractivity contribution in [1.29, 1.82) is 0 Å². The highest BCUT2D eigenvalue weighted by Gasteiger charge is 2.30. The Morgan fingerprint density at radius 1 is 1.19 bits per heavy atom. The third kappa shape index (κ3) is 3.47. The van der Waals surface area contributed by atoms with Crippen molar-refractivity contribution in [3.05, 3.63) is 47.3 Å². The summed E-state index contributed by atoms with van der Waals surface area (Å²) in [4.78, 5) is 18.8. The van der Waals surface area contributed by atoms with Crippen molar-refractivity contribution in [1.82, 2.24) is 9.97 Å². The zero-order valence-electron chi connectivity index (χ0n) is 10.9. The van der Waals surface area contributed by atoms with Gasteiger partial charge in [-0.05, 0) is 31.2 Å². The van der Waals surface area contributed by atoms with Crippen molar-refractivity contribution < 1.29 is 18.0 Å². The van der Waals surface area contributed by atoms with Gasteiger partial charge in [-0.15, -0.1) is 0 Å². The molecule has 0 spiro atoms. The molecule has 2 aromatic heterocycles. The maximum atomic E-state index is 12.4. The number of hydrogen-bond donors (Lipinski definition) is 2. The van der Waals surface area contributed by atoms with Crippen molar-refractivity contribution in [3.63, 3.8) is 0 Å². The van der Waals surface area contributed by atoms with Crippen LogP contribution in [-0.2, 0) is 6.18 Å². The molecule has 0 saturated carbocycles. The molecule has 2 heterocycles. The van der Waals surface area contributed by atoms with Gasteiger partial charge in [0.1, 0.15) is 11.6 Å². The Kier molecular flexibility index (Phi) is 3.79. The number of nitrogens with zero attached hydrogens (tertiary/aromatic N) is 2. The monoisotopic (exact) mass is 296 g/mol. The summed E-state index contributed by atoms with van der Waals surface area (Å²) < 4.78 is 37.2. The van der Waals surface area contributed by atoms with Crippen LogP contribution < -0.4 is 11.1 Å². The highest BCUT2D eigenvalue weighted by molar-refractivity contribution is 5.94. The second-order valence-electron chi connectivity index (χ2n) is 4.25. The summed E-state index contributed by atoms with van der Waals surface area (Å²) in [6.07, 6.45) is -3.70. The molecule has 1 amide bonds. The number of nitrogens with two attached hydrogens (primary N) is 1. The first-order valence-electron chi connectivity index (χ1n) is 5.85. The van der Waals surface area contributed by atoms with Crippen molar-refractivity contribution >= 4 is 17.5 Å². The number of pyridine rings is 2. The molecule has 21 heavy (non-hydrogen) atoms. The number of aryl methyl sites for hydroxylation is 1. The fourth-order valence-electron chi connectivity index (χ4n) is 1.66. The molecule has 0 saturated heterocycles. The number of hydrogen-bond acceptors (Lipinski definition) is 4. The van der Waals surface area contributed by atoms with Crippen LogP contribution in [-0.4, -0.2) is 15.9 Å². The van der Waals surface area contributed by atoms with Crippen LogP contribution in [0, 0.1) is 6.92 Å². The van der Waals surface area contributed by atoms with Gasteiger partial charge in [-0.2, -0.15) is 13.2 Å². The molecule has 0 radical (unpaired) electrons. The number of rotatable bonds is 3. The molecule has 0 aromatic carbocycles. The third-order valence-electron chi connectivity index (χ3n) is 2.70. The van der Waals surface area contributed by atoms with Crippen molar-refractivity contribution in [2.45, 2.75) is 13.1 Å². The van der Waals surface area contributed by atoms with Gasteiger partial charge in [0.25, 0.3) is 5.91 Å². The molecule has 110 valence electrons. The Hall–Kier alpha value is -2.64. The highest BCUT2D eigenvalue weighted by Crippen LogP contribution is 2.29. The van der Waals surface area contributed by atoms with E-state index in [1.54, 1.807) is 6.92 Å². The molecule has 2 aromatic rings. The number of anilines is 2. The number of primary amides is 1. The van der Waals surface area contributed by atoms with E-state index >= 15 is 0 Å². The van der Waals surface area contributed by atoms with E-state index in [0.29, 0.717) is 11.5 Å². The Labute approximate surface area is 118 Å². The van der Waals surface area contributed by atoms with Crippen molar-refractivity contribution in [2.24, 2.45) is 5.73 Å². The zero-order valence-corrected chi connectivity index (χ0v) is 10.9. The molecule has 0 aliphatic rings. The standard InChI is InChI=1S/C13H11F3N4O/c1-7-9(12(17)21)3-5-11(19-7)20-10-4-2-8(6-18-10)13(14,15)16/h2-6H,1H3,(H2,17,21)(H,18,19,20). The summed E-state index contributed by atoms with van der Waals surface area (Å²) in [6.45, 7) is 1.60. The third-order valence-corrected chi connectivity index (χ3v) is 2.70. The van der Waals surface area contributed by atoms with E-state index in [9.17, 15) is 18.0 Å². The largest absolute Gasteiger partial charge is 0.417 e. The Morgan fingerprint density at radius 3 is 2.33 bits per heavy atom. The summed E-state index contributed by atoms with van der Waals surface area (Å²) in [5.74, 6) is -0.0364. The molecule has 0 fully saturated rings. The van der Waals surface area contributed by atoms with Gasteiger partial charge < -0.3 is 11.1 Å². The first kappa shape index (κ1) is 14.8. The van der Waals surface area contributed by atoms with Gasteiger partial charge in [0, 0.05) is 6.20 Å². The minimum Gasteiger partial charge on any atom is -0.366 e. The Balaban J connectivity index is 2.19. The lowest BCUT2D eigenvalue weighted by Crippen LogP contribution is -2.13. The maximum Gasteiger partial charge on any atom is 0.417 e. The molecule has 0 atom stereocenters. The first-order chi connectivity index (χ1) is 9.77. The zero-order chi connectivity index (χ0) is 15.6. The second-order valence-corrected chi connectivity index (χ2v) is 4.25. The number of aromatic nitrogens is 2. The van der Waals surface area contributed by atoms with Gasteiger partial charge in [-0.1, -0.05) is 0 Å². The van der Waals surface area contributed by atoms with E-state index in [4.69, 9.17) is 5.73 Å². The van der Waals surface area contributed by atoms with Gasteiger partial charge in [0.15, 0.2) is 0 Å². The van der Waals surface area contributed by atoms with Gasteiger partial charge in [-0.25, -0.2) is 9.97 Å². The topological polar surface area (TPSA) is 80.9 Å². The number of carbonyl (C=O) groups excluding carboxylic acids is 1. The lowest BCUT2D eigenvalue weighted by molar-refractivity contribution is -0.137. The van der Waals surface area contributed by atoms with Crippen LogP contribution in [0.5, 0.6) is 0 Å². The van der Waals surface area contributed by atoms with Crippen molar-refractivity contribution in [2.75, 3.05) is 5.32 Å². The van der Waals surface area contributed by atoms with Crippen LogP contribution in [0.4, 0.5) is 24.8 Å². The van der Waals surface area contributed by atoms with Crippen LogP contribution in [0.3, 0.4) is 0 Å². The highest BCUT2D eigenvalue weighted by atomic mass is 19.4. The van der Waals surface area contributed by atoms with Crippen LogP contribution in [0.2, 0.25) is 0 Å². The average molecular weight is 296 g/mol. The van der Waals surface area contributed by atoms with Crippen LogP contribution in [0.25, 0.3) is 0 Å². The van der Waals surface area contributed by atoms with Crippen molar-refractivity contribution in [3.8, 4) is 0 Å². The molecular weight excluding hydrogens is 285 g/mol. The minimum absolute atomic E-state index is 0.210. The first-order valence-corrected chi connectivity index (χ1v) is 5.85. The molecule has 2 rings (SSSR count). The number of nitrogens with one attached hydrogen (secondary N) is 1. The predicted octanol–water partition coefficient (Wildman–Crippen LogP) is 2.65. The molecule has 5 nitrogen and oxygen atoms in total. The fourth-order valence-corrected chi connectivity index (χ4v) is 1.66. The average Bonchev–Trinajstić information content (AvgIpc) is 2.38. The van der Waals surface area contributed by atoms with Gasteiger partial charge >= 0.3 is 6.18 Å². The number of amides is 1. The van der Waals surface area contributed by atoms with E-state index in [0.717, 1.165) is 12.3 Å². The van der Waals surface area contributed by atoms with E-state index in [1.807, 2.05) is 0 Å². The molecule has 0 aliphatic heterocycles. The summed E-state index contributed by atoms with van der Waals surface area (Å²) in [5, 5.41) is 2.75. The molecule has 3 N–H and O–H groups in total. The molecule has 0 bridgehead atoms. The van der Waals surface area contributed by atoms with E-state index < -0.39 is 17.6 Å². The van der Waals surface area contributed by atoms with E-state index in [2.05, 4.69) is 15.3 Å². The number of carbonyl (C=O) groups is 1. The van der Waals surface area contributed by atoms with Gasteiger partial charge in [0.2, 0.25) is 0 Å². The quantitative estimate of drug-likeness (QED) is 0.912. The van der Waals surface area contributed by atoms with Crippen LogP contribution in [0.15, 0.2) is 30.5 Å². The summed E-state index contributed by atoms with van der Waals surface area (Å²) in [6, 6.07) is 5.09. The maximum absolute atomic E-state index is 12.4. The van der Waals surface area contributed by atoms with E-state index in [-0.39, 0.29) is 11.4 Å². The molecule has 8 heteroatoms. The second kappa shape index (κ2) is 5.39. The minimum atomic E-state index is -4.43. The van der Waals surface area contributed by atoms with Gasteiger partial charge in [-0.3, -0.25) is 4.79 Å². The lowest BCUT2D eigenvalue weighted by Gasteiger charge is -2.09. The Morgan fingerprint density at radius 2 is 1.86 bits per heavy atom. The molecule has 0 unspecified atom stereocenters. The molecular formula is C13H11F3N4O. The van der Waals surface area contributed by atoms with Crippen LogP contribution >= 0.6 is 0 Å². The smallest absolute Gasteiger partial charge is 0.366 e. The summed E-state index contributed by atoms with van der Waals surface area (Å²) in [7, 11) is 0. The predicted molar refractivity (Wildman–Crippen MR) is 70.0 cm³/mol.